The van der Waals surface area contributed by atoms with E-state index in [2.05, 4.69) is 30.7 Å². The highest BCUT2D eigenvalue weighted by Crippen LogP contribution is 2.16. The van der Waals surface area contributed by atoms with Crippen LogP contribution in [0.5, 0.6) is 0 Å². The number of imidazole rings is 1. The highest BCUT2D eigenvalue weighted by atomic mass is 16.1. The molecule has 0 saturated carbocycles. The van der Waals surface area contributed by atoms with Crippen LogP contribution < -0.4 is 10.1 Å². The van der Waals surface area contributed by atoms with Gasteiger partial charge in [-0.25, -0.2) is 9.13 Å². The molecule has 0 unspecified atom stereocenters. The second-order valence-corrected chi connectivity index (χ2v) is 4.67. The van der Waals surface area contributed by atoms with Crippen LogP contribution in [0.1, 0.15) is 20.8 Å². The molecule has 0 bridgehead atoms. The number of H-pyrrole nitrogens is 1. The van der Waals surface area contributed by atoms with Crippen molar-refractivity contribution in [3.63, 3.8) is 0 Å². The standard InChI is InChI=1S/C10H14N4O/c1-10(2,3)14-6-13(4)7-8(14)11-5-12-9(7)15/h5-6H,1-4H3/p+1. The largest absolute Gasteiger partial charge is 0.309 e. The average molecular weight is 207 g/mol. The maximum Gasteiger partial charge on any atom is 0.302 e. The molecule has 0 radical (unpaired) electrons. The molecule has 2 aromatic rings. The molecule has 5 nitrogen and oxygen atoms in total. The molecule has 2 heterocycles. The number of hydrogen-bond acceptors (Lipinski definition) is 2. The van der Waals surface area contributed by atoms with Crippen LogP contribution in [0, 0.1) is 0 Å². The number of aryl methyl sites for hydroxylation is 1. The van der Waals surface area contributed by atoms with Crippen LogP contribution in [0.4, 0.5) is 0 Å². The average Bonchev–Trinajstić information content (AvgIpc) is 2.44. The van der Waals surface area contributed by atoms with Gasteiger partial charge in [0, 0.05) is 0 Å². The van der Waals surface area contributed by atoms with E-state index in [9.17, 15) is 4.79 Å². The summed E-state index contributed by atoms with van der Waals surface area (Å²) < 4.78 is 3.80. The van der Waals surface area contributed by atoms with Crippen LogP contribution in [0.25, 0.3) is 11.2 Å². The van der Waals surface area contributed by atoms with E-state index in [0.717, 1.165) is 0 Å². The van der Waals surface area contributed by atoms with E-state index in [0.29, 0.717) is 11.2 Å². The Labute approximate surface area is 87.4 Å². The fourth-order valence-corrected chi connectivity index (χ4v) is 1.65. The van der Waals surface area contributed by atoms with Gasteiger partial charge in [-0.15, -0.1) is 0 Å². The minimum absolute atomic E-state index is 0.0830. The molecule has 5 heteroatoms. The summed E-state index contributed by atoms with van der Waals surface area (Å²) in [6.07, 6.45) is 3.33. The molecule has 1 N–H and O–H groups in total. The minimum atomic E-state index is -0.106. The van der Waals surface area contributed by atoms with E-state index in [4.69, 9.17) is 0 Å². The molecule has 0 atom stereocenters. The summed E-state index contributed by atoms with van der Waals surface area (Å²) in [5.74, 6) is 0. The molecule has 0 saturated heterocycles. The SMILES string of the molecule is C[n+]1cn(C(C)(C)C)c2nc[nH]c(=O)c21. The van der Waals surface area contributed by atoms with Gasteiger partial charge < -0.3 is 4.98 Å². The Morgan fingerprint density at radius 2 is 2.13 bits per heavy atom. The molecule has 0 amide bonds. The van der Waals surface area contributed by atoms with Crippen LogP contribution in [-0.4, -0.2) is 14.5 Å². The van der Waals surface area contributed by atoms with Crippen LogP contribution >= 0.6 is 0 Å². The van der Waals surface area contributed by atoms with Gasteiger partial charge in [0.1, 0.15) is 5.54 Å². The molecular weight excluding hydrogens is 192 g/mol. The van der Waals surface area contributed by atoms with Crippen molar-refractivity contribution < 1.29 is 4.57 Å². The first-order chi connectivity index (χ1) is 6.91. The Kier molecular flexibility index (Phi) is 1.92. The van der Waals surface area contributed by atoms with Crippen molar-refractivity contribution in [3.05, 3.63) is 23.0 Å². The van der Waals surface area contributed by atoms with Crippen molar-refractivity contribution in [3.8, 4) is 0 Å². The van der Waals surface area contributed by atoms with Gasteiger partial charge in [0.2, 0.25) is 6.33 Å². The van der Waals surface area contributed by atoms with Gasteiger partial charge in [0.15, 0.2) is 0 Å². The summed E-state index contributed by atoms with van der Waals surface area (Å²) in [5.41, 5.74) is 1.13. The smallest absolute Gasteiger partial charge is 0.302 e. The lowest BCUT2D eigenvalue weighted by molar-refractivity contribution is -0.646. The fourth-order valence-electron chi connectivity index (χ4n) is 1.65. The molecule has 15 heavy (non-hydrogen) atoms. The van der Waals surface area contributed by atoms with Gasteiger partial charge >= 0.3 is 5.56 Å². The molecule has 0 fully saturated rings. The molecule has 0 spiro atoms. The summed E-state index contributed by atoms with van der Waals surface area (Å²) in [6, 6.07) is 0. The second-order valence-electron chi connectivity index (χ2n) is 4.67. The van der Waals surface area contributed by atoms with E-state index in [1.54, 1.807) is 4.57 Å². The van der Waals surface area contributed by atoms with Gasteiger partial charge in [0.05, 0.1) is 13.4 Å². The summed E-state index contributed by atoms with van der Waals surface area (Å²) >= 11 is 0. The second kappa shape index (κ2) is 2.92. The quantitative estimate of drug-likeness (QED) is 0.632. The van der Waals surface area contributed by atoms with E-state index >= 15 is 0 Å². The third-order valence-corrected chi connectivity index (χ3v) is 2.40. The zero-order chi connectivity index (χ0) is 11.2. The Bertz CT molecular complexity index is 559. The van der Waals surface area contributed by atoms with E-state index in [1.807, 2.05) is 17.9 Å². The maximum absolute atomic E-state index is 11.6. The number of hydrogen-bond donors (Lipinski definition) is 1. The van der Waals surface area contributed by atoms with Crippen molar-refractivity contribution in [2.24, 2.45) is 7.05 Å². The first-order valence-electron chi connectivity index (χ1n) is 4.86. The normalized spacial score (nSPS) is 12.3. The molecular formula is C10H15N4O+. The topological polar surface area (TPSA) is 54.6 Å². The van der Waals surface area contributed by atoms with Crippen molar-refractivity contribution in [2.45, 2.75) is 26.3 Å². The molecule has 0 aliphatic heterocycles. The Morgan fingerprint density at radius 1 is 1.47 bits per heavy atom. The Hall–Kier alpha value is -1.65. The fraction of sp³-hybridized carbons (Fsp3) is 0.500. The van der Waals surface area contributed by atoms with Crippen LogP contribution in [-0.2, 0) is 12.6 Å². The lowest BCUT2D eigenvalue weighted by Gasteiger charge is -2.13. The van der Waals surface area contributed by atoms with Crippen molar-refractivity contribution in [1.29, 1.82) is 0 Å². The number of aromatic amines is 1. The van der Waals surface area contributed by atoms with Gasteiger partial charge in [-0.3, -0.25) is 4.79 Å². The van der Waals surface area contributed by atoms with E-state index in [-0.39, 0.29) is 11.1 Å². The van der Waals surface area contributed by atoms with Crippen LogP contribution in [0.3, 0.4) is 0 Å². The first kappa shape index (κ1) is 9.89. The van der Waals surface area contributed by atoms with E-state index < -0.39 is 0 Å². The number of aromatic nitrogens is 4. The lowest BCUT2D eigenvalue weighted by atomic mass is 10.1. The molecule has 0 aliphatic rings. The lowest BCUT2D eigenvalue weighted by Crippen LogP contribution is -2.31. The number of nitrogens with zero attached hydrogens (tertiary/aromatic N) is 3. The summed E-state index contributed by atoms with van der Waals surface area (Å²) in [7, 11) is 1.85. The Morgan fingerprint density at radius 3 is 2.73 bits per heavy atom. The predicted molar refractivity (Wildman–Crippen MR) is 56.5 cm³/mol. The molecule has 2 aromatic heterocycles. The maximum atomic E-state index is 11.6. The van der Waals surface area contributed by atoms with Crippen LogP contribution in [0.2, 0.25) is 0 Å². The summed E-state index contributed by atoms with van der Waals surface area (Å²) in [4.78, 5) is 18.4. The van der Waals surface area contributed by atoms with Crippen molar-refractivity contribution in [2.75, 3.05) is 0 Å². The highest BCUT2D eigenvalue weighted by Gasteiger charge is 2.26. The number of nitrogens with one attached hydrogen (secondary N) is 1. The number of fused-ring (bicyclic) bond motifs is 1. The predicted octanol–water partition coefficient (Wildman–Crippen LogP) is 0.304. The third kappa shape index (κ3) is 1.44. The monoisotopic (exact) mass is 207 g/mol. The molecule has 0 aliphatic carbocycles. The van der Waals surface area contributed by atoms with Gasteiger partial charge in [-0.1, -0.05) is 0 Å². The summed E-state index contributed by atoms with van der Waals surface area (Å²) in [5, 5.41) is 0. The zero-order valence-corrected chi connectivity index (χ0v) is 9.40. The molecule has 2 rings (SSSR count). The first-order valence-corrected chi connectivity index (χ1v) is 4.86. The van der Waals surface area contributed by atoms with Crippen molar-refractivity contribution >= 4 is 11.2 Å². The minimum Gasteiger partial charge on any atom is -0.309 e. The van der Waals surface area contributed by atoms with Gasteiger partial charge in [-0.2, -0.15) is 4.98 Å². The molecule has 80 valence electrons. The van der Waals surface area contributed by atoms with Gasteiger partial charge in [0.25, 0.3) is 11.2 Å². The number of rotatable bonds is 0. The molecule has 0 aromatic carbocycles. The van der Waals surface area contributed by atoms with Crippen molar-refractivity contribution in [1.82, 2.24) is 14.5 Å². The highest BCUT2D eigenvalue weighted by molar-refractivity contribution is 5.65. The Balaban J connectivity index is 2.92. The summed E-state index contributed by atoms with van der Waals surface area (Å²) in [6.45, 7) is 6.24. The van der Waals surface area contributed by atoms with Gasteiger partial charge in [-0.05, 0) is 20.8 Å². The van der Waals surface area contributed by atoms with E-state index in [1.165, 1.54) is 6.33 Å². The van der Waals surface area contributed by atoms with Crippen LogP contribution in [0.15, 0.2) is 17.4 Å². The zero-order valence-electron chi connectivity index (χ0n) is 9.40. The third-order valence-electron chi connectivity index (χ3n) is 2.40.